The van der Waals surface area contributed by atoms with Crippen LogP contribution in [0.5, 0.6) is 17.2 Å². The fourth-order valence-corrected chi connectivity index (χ4v) is 3.68. The van der Waals surface area contributed by atoms with Gasteiger partial charge in [-0.15, -0.1) is 0 Å². The first kappa shape index (κ1) is 24.6. The van der Waals surface area contributed by atoms with Gasteiger partial charge in [0.2, 0.25) is 5.90 Å². The first-order valence-corrected chi connectivity index (χ1v) is 10.9. The van der Waals surface area contributed by atoms with E-state index < -0.39 is 5.56 Å². The number of aryl methyl sites for hydroxylation is 2. The molecule has 9 heteroatoms. The first-order valence-electron chi connectivity index (χ1n) is 10.9. The highest BCUT2D eigenvalue weighted by atomic mass is 16.5. The number of pyridine rings is 1. The van der Waals surface area contributed by atoms with Gasteiger partial charge in [-0.3, -0.25) is 14.9 Å². The highest BCUT2D eigenvalue weighted by molar-refractivity contribution is 6.02. The van der Waals surface area contributed by atoms with Gasteiger partial charge in [-0.2, -0.15) is 5.10 Å². The summed E-state index contributed by atoms with van der Waals surface area (Å²) in [6.07, 6.45) is 2.25. The molecule has 0 amide bonds. The van der Waals surface area contributed by atoms with Crippen molar-refractivity contribution in [2.75, 3.05) is 21.3 Å². The van der Waals surface area contributed by atoms with Gasteiger partial charge in [-0.1, -0.05) is 26.0 Å². The second kappa shape index (κ2) is 10.7. The molecule has 0 spiro atoms. The van der Waals surface area contributed by atoms with Crippen molar-refractivity contribution in [1.82, 2.24) is 15.2 Å². The van der Waals surface area contributed by atoms with Crippen molar-refractivity contribution in [3.63, 3.8) is 0 Å². The molecule has 3 aromatic rings. The molecule has 0 bridgehead atoms. The lowest BCUT2D eigenvalue weighted by Crippen LogP contribution is -2.23. The summed E-state index contributed by atoms with van der Waals surface area (Å²) in [5.41, 5.74) is 2.09. The molecule has 0 aliphatic rings. The van der Waals surface area contributed by atoms with Crippen LogP contribution in [-0.2, 0) is 11.2 Å². The summed E-state index contributed by atoms with van der Waals surface area (Å²) in [5.74, 6) is 0.761. The molecule has 0 unspecified atom stereocenters. The molecule has 3 N–H and O–H groups in total. The second-order valence-corrected chi connectivity index (χ2v) is 7.66. The van der Waals surface area contributed by atoms with Crippen LogP contribution < -0.4 is 15.0 Å². The fourth-order valence-electron chi connectivity index (χ4n) is 3.68. The van der Waals surface area contributed by atoms with E-state index in [9.17, 15) is 9.90 Å². The zero-order chi connectivity index (χ0) is 24.8. The Morgan fingerprint density at radius 2 is 1.88 bits per heavy atom. The summed E-state index contributed by atoms with van der Waals surface area (Å²) >= 11 is 0. The lowest BCUT2D eigenvalue weighted by atomic mass is 9.95. The van der Waals surface area contributed by atoms with Gasteiger partial charge in [0.1, 0.15) is 34.3 Å². The second-order valence-electron chi connectivity index (χ2n) is 7.66. The Morgan fingerprint density at radius 1 is 1.21 bits per heavy atom. The SMILES string of the molecule is C=C(OC(=NC)c1c(O)c(-c2c(OC)cccc2OC)c(CCCC)[nH]c1=O)c1cc(C)[nH]n1. The normalized spacial score (nSPS) is 11.4. The monoisotopic (exact) mass is 466 g/mol. The molecule has 9 nitrogen and oxygen atoms in total. The molecular formula is C25H30N4O5. The van der Waals surface area contributed by atoms with Crippen molar-refractivity contribution >= 4 is 11.7 Å². The molecule has 0 aliphatic carbocycles. The van der Waals surface area contributed by atoms with Gasteiger partial charge >= 0.3 is 0 Å². The van der Waals surface area contributed by atoms with Crippen LogP contribution in [0.3, 0.4) is 0 Å². The van der Waals surface area contributed by atoms with E-state index >= 15 is 0 Å². The molecule has 180 valence electrons. The van der Waals surface area contributed by atoms with Gasteiger partial charge in [0.05, 0.1) is 25.3 Å². The largest absolute Gasteiger partial charge is 0.506 e. The number of hydrogen-bond acceptors (Lipinski definition) is 7. The van der Waals surface area contributed by atoms with E-state index in [1.807, 2.05) is 13.8 Å². The lowest BCUT2D eigenvalue weighted by Gasteiger charge is -2.19. The van der Waals surface area contributed by atoms with Crippen LogP contribution in [0, 0.1) is 6.92 Å². The Bertz CT molecular complexity index is 1250. The summed E-state index contributed by atoms with van der Waals surface area (Å²) in [4.78, 5) is 20.2. The van der Waals surface area contributed by atoms with Crippen LogP contribution in [0.4, 0.5) is 0 Å². The van der Waals surface area contributed by atoms with E-state index in [-0.39, 0.29) is 23.0 Å². The van der Waals surface area contributed by atoms with Crippen molar-refractivity contribution in [2.24, 2.45) is 4.99 Å². The highest BCUT2D eigenvalue weighted by Crippen LogP contribution is 2.44. The van der Waals surface area contributed by atoms with E-state index in [4.69, 9.17) is 14.2 Å². The standard InChI is InChI=1S/C25H30N4O5/c1-7-8-10-16-20(21-18(32-5)11-9-12-19(21)33-6)23(30)22(24(31)27-16)25(26-4)34-15(3)17-13-14(2)28-29-17/h9,11-13H,3,7-8,10H2,1-2,4-6H3,(H,28,29)(H2,27,30,31). The average Bonchev–Trinajstić information content (AvgIpc) is 3.27. The van der Waals surface area contributed by atoms with Gasteiger partial charge in [0.25, 0.3) is 5.56 Å². The summed E-state index contributed by atoms with van der Waals surface area (Å²) in [5, 5.41) is 18.4. The van der Waals surface area contributed by atoms with Crippen LogP contribution in [0.25, 0.3) is 16.9 Å². The Morgan fingerprint density at radius 3 is 2.41 bits per heavy atom. The third-order valence-electron chi connectivity index (χ3n) is 5.35. The third kappa shape index (κ3) is 4.83. The van der Waals surface area contributed by atoms with E-state index in [1.54, 1.807) is 24.3 Å². The molecule has 3 rings (SSSR count). The van der Waals surface area contributed by atoms with E-state index in [1.165, 1.54) is 21.3 Å². The van der Waals surface area contributed by atoms with Gasteiger partial charge in [0.15, 0.2) is 0 Å². The van der Waals surface area contributed by atoms with E-state index in [0.717, 1.165) is 18.5 Å². The number of unbranched alkanes of at least 4 members (excludes halogenated alkanes) is 1. The molecule has 2 aromatic heterocycles. The van der Waals surface area contributed by atoms with Crippen LogP contribution in [0.1, 0.15) is 42.4 Å². The molecule has 0 radical (unpaired) electrons. The number of aromatic hydroxyl groups is 1. The van der Waals surface area contributed by atoms with Crippen molar-refractivity contribution < 1.29 is 19.3 Å². The molecule has 1 aromatic carbocycles. The highest BCUT2D eigenvalue weighted by Gasteiger charge is 2.27. The zero-order valence-electron chi connectivity index (χ0n) is 20.1. The Hall–Kier alpha value is -4.01. The Kier molecular flexibility index (Phi) is 7.78. The number of aliphatic imine (C=N–C) groups is 1. The minimum absolute atomic E-state index is 0.0958. The third-order valence-corrected chi connectivity index (χ3v) is 5.35. The quantitative estimate of drug-likeness (QED) is 0.247. The van der Waals surface area contributed by atoms with Crippen LogP contribution in [0.15, 0.2) is 40.6 Å². The maximum absolute atomic E-state index is 13.1. The Labute approximate surface area is 198 Å². The number of methoxy groups -OCH3 is 2. The van der Waals surface area contributed by atoms with Crippen molar-refractivity contribution in [2.45, 2.75) is 33.1 Å². The van der Waals surface area contributed by atoms with Crippen molar-refractivity contribution in [3.05, 3.63) is 63.8 Å². The van der Waals surface area contributed by atoms with Crippen LogP contribution >= 0.6 is 0 Å². The molecule has 0 aliphatic heterocycles. The fraction of sp³-hybridized carbons (Fsp3) is 0.320. The predicted molar refractivity (Wildman–Crippen MR) is 132 cm³/mol. The van der Waals surface area contributed by atoms with Crippen LogP contribution in [0.2, 0.25) is 0 Å². The number of ether oxygens (including phenoxy) is 3. The number of nitrogens with zero attached hydrogens (tertiary/aromatic N) is 2. The molecule has 0 saturated heterocycles. The number of aromatic nitrogens is 3. The van der Waals surface area contributed by atoms with Gasteiger partial charge in [-0.25, -0.2) is 0 Å². The van der Waals surface area contributed by atoms with Gasteiger partial charge in [-0.05, 0) is 38.0 Å². The molecule has 0 fully saturated rings. The lowest BCUT2D eigenvalue weighted by molar-refractivity contribution is 0.396. The van der Waals surface area contributed by atoms with Crippen molar-refractivity contribution in [1.29, 1.82) is 0 Å². The summed E-state index contributed by atoms with van der Waals surface area (Å²) in [6, 6.07) is 7.06. The smallest absolute Gasteiger partial charge is 0.264 e. The molecule has 0 saturated carbocycles. The maximum atomic E-state index is 13.1. The number of rotatable bonds is 9. The van der Waals surface area contributed by atoms with E-state index in [2.05, 4.69) is 26.8 Å². The zero-order valence-corrected chi connectivity index (χ0v) is 20.1. The maximum Gasteiger partial charge on any atom is 0.264 e. The number of aromatic amines is 2. The van der Waals surface area contributed by atoms with Crippen LogP contribution in [-0.4, -0.2) is 47.5 Å². The predicted octanol–water partition coefficient (Wildman–Crippen LogP) is 4.20. The number of nitrogens with one attached hydrogen (secondary N) is 2. The number of H-pyrrole nitrogens is 2. The minimum atomic E-state index is -0.534. The molecular weight excluding hydrogens is 436 g/mol. The minimum Gasteiger partial charge on any atom is -0.506 e. The van der Waals surface area contributed by atoms with E-state index in [0.29, 0.717) is 40.4 Å². The molecule has 0 atom stereocenters. The summed E-state index contributed by atoms with van der Waals surface area (Å²) in [6.45, 7) is 7.78. The topological polar surface area (TPSA) is 122 Å². The average molecular weight is 467 g/mol. The number of hydrogen-bond donors (Lipinski definition) is 3. The summed E-state index contributed by atoms with van der Waals surface area (Å²) in [7, 11) is 4.53. The summed E-state index contributed by atoms with van der Waals surface area (Å²) < 4.78 is 16.9. The van der Waals surface area contributed by atoms with Gasteiger partial charge < -0.3 is 24.3 Å². The van der Waals surface area contributed by atoms with Crippen molar-refractivity contribution in [3.8, 4) is 28.4 Å². The molecule has 34 heavy (non-hydrogen) atoms. The number of benzene rings is 1. The first-order chi connectivity index (χ1) is 16.4. The molecule has 2 heterocycles. The van der Waals surface area contributed by atoms with Gasteiger partial charge in [0, 0.05) is 18.4 Å². The Balaban J connectivity index is 2.23.